The fourth-order valence-corrected chi connectivity index (χ4v) is 2.46. The second-order valence-corrected chi connectivity index (χ2v) is 5.21. The third-order valence-corrected chi connectivity index (χ3v) is 3.52. The largest absolute Gasteiger partial charge is 0.481 e. The molecule has 2 atom stereocenters. The Kier molecular flexibility index (Phi) is 4.62. The lowest BCUT2D eigenvalue weighted by atomic mass is 10.1. The quantitative estimate of drug-likeness (QED) is 0.833. The minimum Gasteiger partial charge on any atom is -0.481 e. The molecule has 1 aromatic heterocycles. The van der Waals surface area contributed by atoms with Gasteiger partial charge < -0.3 is 19.7 Å². The summed E-state index contributed by atoms with van der Waals surface area (Å²) in [6, 6.07) is 2.44. The van der Waals surface area contributed by atoms with Gasteiger partial charge in [0.25, 0.3) is 5.91 Å². The van der Waals surface area contributed by atoms with E-state index in [2.05, 4.69) is 5.32 Å². The minimum absolute atomic E-state index is 0.0144. The van der Waals surface area contributed by atoms with E-state index in [9.17, 15) is 14.4 Å². The second kappa shape index (κ2) is 6.43. The number of hydrogen-bond acceptors (Lipinski definition) is 4. The molecule has 7 nitrogen and oxygen atoms in total. The summed E-state index contributed by atoms with van der Waals surface area (Å²) in [6.45, 7) is 2.55. The Morgan fingerprint density at radius 1 is 1.52 bits per heavy atom. The zero-order valence-electron chi connectivity index (χ0n) is 11.7. The molecule has 0 aromatic carbocycles. The fraction of sp³-hybridized carbons (Fsp3) is 0.500. The van der Waals surface area contributed by atoms with Crippen LogP contribution in [-0.2, 0) is 9.59 Å². The highest BCUT2D eigenvalue weighted by molar-refractivity contribution is 5.95. The van der Waals surface area contributed by atoms with Crippen LogP contribution in [0.2, 0.25) is 0 Å². The Balaban J connectivity index is 1.85. The smallest absolute Gasteiger partial charge is 0.303 e. The number of aliphatic carboxylic acids is 1. The Morgan fingerprint density at radius 2 is 2.29 bits per heavy atom. The van der Waals surface area contributed by atoms with Crippen molar-refractivity contribution in [1.82, 2.24) is 10.2 Å². The first-order valence-electron chi connectivity index (χ1n) is 6.82. The van der Waals surface area contributed by atoms with Crippen molar-refractivity contribution in [3.05, 3.63) is 24.2 Å². The highest BCUT2D eigenvalue weighted by atomic mass is 16.4. The van der Waals surface area contributed by atoms with E-state index < -0.39 is 17.9 Å². The summed E-state index contributed by atoms with van der Waals surface area (Å²) in [7, 11) is 0. The van der Waals surface area contributed by atoms with Gasteiger partial charge >= 0.3 is 5.97 Å². The number of nitrogens with zero attached hydrogens (tertiary/aromatic N) is 1. The highest BCUT2D eigenvalue weighted by Gasteiger charge is 2.30. The average Bonchev–Trinajstić information content (AvgIpc) is 3.07. The van der Waals surface area contributed by atoms with E-state index >= 15 is 0 Å². The topological polar surface area (TPSA) is 99.9 Å². The number of likely N-dealkylation sites (tertiary alicyclic amines) is 1. The molecule has 2 N–H and O–H groups in total. The molecule has 114 valence electrons. The molecule has 21 heavy (non-hydrogen) atoms. The van der Waals surface area contributed by atoms with E-state index in [1.54, 1.807) is 17.9 Å². The maximum absolute atomic E-state index is 12.2. The summed E-state index contributed by atoms with van der Waals surface area (Å²) >= 11 is 0. The normalized spacial score (nSPS) is 19.3. The molecule has 1 aromatic rings. The zero-order chi connectivity index (χ0) is 15.4. The minimum atomic E-state index is -0.853. The van der Waals surface area contributed by atoms with E-state index in [0.717, 1.165) is 0 Å². The number of hydrogen-bond donors (Lipinski definition) is 2. The van der Waals surface area contributed by atoms with Crippen molar-refractivity contribution in [1.29, 1.82) is 0 Å². The van der Waals surface area contributed by atoms with Gasteiger partial charge in [-0.2, -0.15) is 0 Å². The number of carbonyl (C=O) groups excluding carboxylic acids is 2. The van der Waals surface area contributed by atoms with Crippen LogP contribution >= 0.6 is 0 Å². The van der Waals surface area contributed by atoms with Crippen LogP contribution < -0.4 is 5.32 Å². The maximum atomic E-state index is 12.2. The molecule has 2 heterocycles. The molecule has 0 saturated carbocycles. The van der Waals surface area contributed by atoms with Crippen LogP contribution in [0, 0.1) is 5.92 Å². The van der Waals surface area contributed by atoms with E-state index in [1.807, 2.05) is 0 Å². The number of carboxylic acid groups (broad SMARTS) is 1. The third kappa shape index (κ3) is 3.84. The van der Waals surface area contributed by atoms with Crippen LogP contribution in [-0.4, -0.2) is 46.9 Å². The second-order valence-electron chi connectivity index (χ2n) is 5.21. The standard InChI is InChI=1S/C14H18N2O5/c1-9(15-13(19)11-3-2-6-21-11)14(20)16-5-4-10(8-16)7-12(17)18/h2-3,6,9-10H,4-5,7-8H2,1H3,(H,15,19)(H,17,18). The molecule has 0 bridgehead atoms. The SMILES string of the molecule is CC(NC(=O)c1ccco1)C(=O)N1CCC(CC(=O)O)C1. The first kappa shape index (κ1) is 15.1. The van der Waals surface area contributed by atoms with Gasteiger partial charge in [-0.1, -0.05) is 0 Å². The van der Waals surface area contributed by atoms with Crippen molar-refractivity contribution in [3.8, 4) is 0 Å². The number of carbonyl (C=O) groups is 3. The Morgan fingerprint density at radius 3 is 2.90 bits per heavy atom. The lowest BCUT2D eigenvalue weighted by Crippen LogP contribution is -2.46. The van der Waals surface area contributed by atoms with E-state index in [4.69, 9.17) is 9.52 Å². The summed E-state index contributed by atoms with van der Waals surface area (Å²) in [5.41, 5.74) is 0. The molecule has 7 heteroatoms. The monoisotopic (exact) mass is 294 g/mol. The molecule has 2 unspecified atom stereocenters. The first-order chi connectivity index (χ1) is 9.97. The molecule has 1 fully saturated rings. The molecular formula is C14H18N2O5. The Labute approximate surface area is 121 Å². The van der Waals surface area contributed by atoms with E-state index in [0.29, 0.717) is 19.5 Å². The van der Waals surface area contributed by atoms with Crippen LogP contribution in [0.4, 0.5) is 0 Å². The lowest BCUT2D eigenvalue weighted by Gasteiger charge is -2.21. The molecule has 1 saturated heterocycles. The highest BCUT2D eigenvalue weighted by Crippen LogP contribution is 2.20. The molecule has 1 aliphatic heterocycles. The summed E-state index contributed by atoms with van der Waals surface area (Å²) in [6.07, 6.45) is 2.13. The number of rotatable bonds is 5. The van der Waals surface area contributed by atoms with Crippen LogP contribution in [0.15, 0.2) is 22.8 Å². The van der Waals surface area contributed by atoms with Crippen LogP contribution in [0.25, 0.3) is 0 Å². The van der Waals surface area contributed by atoms with Gasteiger partial charge in [0.1, 0.15) is 6.04 Å². The molecular weight excluding hydrogens is 276 g/mol. The number of nitrogens with one attached hydrogen (secondary N) is 1. The average molecular weight is 294 g/mol. The van der Waals surface area contributed by atoms with Gasteiger partial charge in [0, 0.05) is 19.5 Å². The van der Waals surface area contributed by atoms with Crippen molar-refractivity contribution < 1.29 is 23.9 Å². The molecule has 0 aliphatic carbocycles. The zero-order valence-corrected chi connectivity index (χ0v) is 11.7. The summed E-state index contributed by atoms with van der Waals surface area (Å²) in [5.74, 6) is -1.36. The predicted molar refractivity (Wildman–Crippen MR) is 72.6 cm³/mol. The van der Waals surface area contributed by atoms with Crippen LogP contribution in [0.1, 0.15) is 30.3 Å². The lowest BCUT2D eigenvalue weighted by molar-refractivity contribution is -0.138. The van der Waals surface area contributed by atoms with E-state index in [1.165, 1.54) is 12.3 Å². The first-order valence-corrected chi connectivity index (χ1v) is 6.82. The molecule has 2 amide bonds. The number of carboxylic acids is 1. The van der Waals surface area contributed by atoms with E-state index in [-0.39, 0.29) is 24.0 Å². The van der Waals surface area contributed by atoms with Crippen molar-refractivity contribution in [2.45, 2.75) is 25.8 Å². The van der Waals surface area contributed by atoms with Gasteiger partial charge in [-0.25, -0.2) is 0 Å². The molecule has 1 aliphatic rings. The third-order valence-electron chi connectivity index (χ3n) is 3.52. The van der Waals surface area contributed by atoms with Crippen LogP contribution in [0.5, 0.6) is 0 Å². The molecule has 0 radical (unpaired) electrons. The van der Waals surface area contributed by atoms with Crippen molar-refractivity contribution in [2.24, 2.45) is 5.92 Å². The van der Waals surface area contributed by atoms with Gasteiger partial charge in [-0.15, -0.1) is 0 Å². The predicted octanol–water partition coefficient (Wildman–Crippen LogP) is 0.721. The van der Waals surface area contributed by atoms with Crippen LogP contribution in [0.3, 0.4) is 0 Å². The molecule has 0 spiro atoms. The summed E-state index contributed by atoms with van der Waals surface area (Å²) < 4.78 is 4.96. The number of furan rings is 1. The summed E-state index contributed by atoms with van der Waals surface area (Å²) in [5, 5.41) is 11.3. The maximum Gasteiger partial charge on any atom is 0.303 e. The van der Waals surface area contributed by atoms with Gasteiger partial charge in [0.15, 0.2) is 5.76 Å². The van der Waals surface area contributed by atoms with Crippen molar-refractivity contribution >= 4 is 17.8 Å². The Hall–Kier alpha value is -2.31. The van der Waals surface area contributed by atoms with Gasteiger partial charge in [-0.05, 0) is 31.4 Å². The van der Waals surface area contributed by atoms with Gasteiger partial charge in [0.05, 0.1) is 6.26 Å². The summed E-state index contributed by atoms with van der Waals surface area (Å²) in [4.78, 5) is 36.3. The fourth-order valence-electron chi connectivity index (χ4n) is 2.46. The van der Waals surface area contributed by atoms with Crippen molar-refractivity contribution in [2.75, 3.05) is 13.1 Å². The van der Waals surface area contributed by atoms with Gasteiger partial charge in [-0.3, -0.25) is 14.4 Å². The molecule has 2 rings (SSSR count). The number of amides is 2. The Bertz CT molecular complexity index is 525. The van der Waals surface area contributed by atoms with Gasteiger partial charge in [0.2, 0.25) is 5.91 Å². The van der Waals surface area contributed by atoms with Crippen molar-refractivity contribution in [3.63, 3.8) is 0 Å².